The van der Waals surface area contributed by atoms with E-state index in [1.165, 1.54) is 0 Å². The number of amides is 1. The third-order valence-electron chi connectivity index (χ3n) is 3.48. The lowest BCUT2D eigenvalue weighted by atomic mass is 9.98. The van der Waals surface area contributed by atoms with E-state index in [2.05, 4.69) is 11.2 Å². The van der Waals surface area contributed by atoms with Crippen LogP contribution in [0.15, 0.2) is 6.07 Å². The van der Waals surface area contributed by atoms with Gasteiger partial charge in [0.05, 0.1) is 11.8 Å². The van der Waals surface area contributed by atoms with Crippen molar-refractivity contribution in [2.45, 2.75) is 26.2 Å². The van der Waals surface area contributed by atoms with Gasteiger partial charge in [0.25, 0.3) is 5.91 Å². The number of carbonyl (C=O) groups is 1. The van der Waals surface area contributed by atoms with Gasteiger partial charge in [0.1, 0.15) is 5.69 Å². The maximum absolute atomic E-state index is 12.3. The van der Waals surface area contributed by atoms with Crippen molar-refractivity contribution in [3.05, 3.63) is 17.5 Å². The van der Waals surface area contributed by atoms with Gasteiger partial charge in [0.15, 0.2) is 0 Å². The molecule has 0 aliphatic carbocycles. The van der Waals surface area contributed by atoms with Gasteiger partial charge in [-0.1, -0.05) is 6.92 Å². The zero-order valence-electron chi connectivity index (χ0n) is 10.9. The highest BCUT2D eigenvalue weighted by Gasteiger charge is 2.25. The van der Waals surface area contributed by atoms with Crippen molar-refractivity contribution in [2.24, 2.45) is 13.0 Å². The Kier molecular flexibility index (Phi) is 3.66. The highest BCUT2D eigenvalue weighted by Crippen LogP contribution is 2.18. The summed E-state index contributed by atoms with van der Waals surface area (Å²) in [5, 5.41) is 13.1. The summed E-state index contributed by atoms with van der Waals surface area (Å²) in [7, 11) is 1.80. The number of nitrogens with zero attached hydrogens (tertiary/aromatic N) is 4. The van der Waals surface area contributed by atoms with Gasteiger partial charge in [-0.2, -0.15) is 10.4 Å². The second-order valence-corrected chi connectivity index (χ2v) is 4.69. The summed E-state index contributed by atoms with van der Waals surface area (Å²) < 4.78 is 1.65. The molecule has 1 fully saturated rings. The summed E-state index contributed by atoms with van der Waals surface area (Å²) in [6.07, 6.45) is 2.39. The predicted octanol–water partition coefficient (Wildman–Crippen LogP) is 1.36. The molecule has 0 atom stereocenters. The van der Waals surface area contributed by atoms with E-state index in [1.807, 2.05) is 17.9 Å². The number of hydrogen-bond donors (Lipinski definition) is 0. The highest BCUT2D eigenvalue weighted by molar-refractivity contribution is 5.92. The first-order chi connectivity index (χ1) is 8.65. The van der Waals surface area contributed by atoms with Crippen molar-refractivity contribution in [3.8, 4) is 6.07 Å². The van der Waals surface area contributed by atoms with E-state index in [9.17, 15) is 4.79 Å². The summed E-state index contributed by atoms with van der Waals surface area (Å²) >= 11 is 0. The molecule has 1 aromatic heterocycles. The molecule has 0 radical (unpaired) electrons. The van der Waals surface area contributed by atoms with Crippen LogP contribution in [0.2, 0.25) is 0 Å². The van der Waals surface area contributed by atoms with E-state index in [0.717, 1.165) is 25.0 Å². The van der Waals surface area contributed by atoms with Crippen LogP contribution in [0, 0.1) is 17.2 Å². The van der Waals surface area contributed by atoms with Gasteiger partial charge >= 0.3 is 0 Å². The second kappa shape index (κ2) is 5.21. The lowest BCUT2D eigenvalue weighted by molar-refractivity contribution is 0.0696. The molecular weight excluding hydrogens is 228 g/mol. The van der Waals surface area contributed by atoms with Crippen molar-refractivity contribution < 1.29 is 4.79 Å². The number of nitriles is 1. The van der Waals surface area contributed by atoms with Gasteiger partial charge in [0.2, 0.25) is 0 Å². The summed E-state index contributed by atoms with van der Waals surface area (Å²) in [6, 6.07) is 4.13. The van der Waals surface area contributed by atoms with Gasteiger partial charge in [-0.25, -0.2) is 0 Å². The van der Waals surface area contributed by atoms with Crippen LogP contribution < -0.4 is 0 Å². The third kappa shape index (κ3) is 2.37. The molecule has 96 valence electrons. The van der Waals surface area contributed by atoms with Gasteiger partial charge in [-0.15, -0.1) is 0 Å². The first-order valence-corrected chi connectivity index (χ1v) is 6.37. The number of aromatic nitrogens is 2. The Morgan fingerprint density at radius 1 is 1.56 bits per heavy atom. The quantitative estimate of drug-likeness (QED) is 0.791. The van der Waals surface area contributed by atoms with Gasteiger partial charge in [-0.05, 0) is 25.3 Å². The normalized spacial score (nSPS) is 16.6. The summed E-state index contributed by atoms with van der Waals surface area (Å²) in [4.78, 5) is 14.2. The predicted molar refractivity (Wildman–Crippen MR) is 66.8 cm³/mol. The first kappa shape index (κ1) is 12.6. The Balaban J connectivity index is 2.08. The van der Waals surface area contributed by atoms with Crippen molar-refractivity contribution in [2.75, 3.05) is 13.1 Å². The molecule has 0 aromatic carbocycles. The molecule has 1 amide bonds. The average molecular weight is 246 g/mol. The van der Waals surface area contributed by atoms with Gasteiger partial charge in [0, 0.05) is 26.1 Å². The topological polar surface area (TPSA) is 61.9 Å². The van der Waals surface area contributed by atoms with Crippen LogP contribution in [0.5, 0.6) is 0 Å². The molecule has 2 rings (SSSR count). The number of likely N-dealkylation sites (tertiary alicyclic amines) is 1. The lowest BCUT2D eigenvalue weighted by Gasteiger charge is -2.28. The smallest absolute Gasteiger partial charge is 0.272 e. The zero-order chi connectivity index (χ0) is 13.1. The number of piperidine rings is 1. The van der Waals surface area contributed by atoms with E-state index < -0.39 is 0 Å². The maximum Gasteiger partial charge on any atom is 0.272 e. The van der Waals surface area contributed by atoms with Gasteiger partial charge < -0.3 is 4.90 Å². The number of rotatable bonds is 2. The molecule has 1 aliphatic rings. The van der Waals surface area contributed by atoms with E-state index in [4.69, 9.17) is 5.26 Å². The number of carbonyl (C=O) groups excluding carboxylic acids is 1. The maximum atomic E-state index is 12.3. The molecule has 5 heteroatoms. The summed E-state index contributed by atoms with van der Waals surface area (Å²) in [5.74, 6) is 0.132. The van der Waals surface area contributed by atoms with Crippen LogP contribution in [-0.2, 0) is 13.5 Å². The van der Waals surface area contributed by atoms with Gasteiger partial charge in [-0.3, -0.25) is 9.48 Å². The van der Waals surface area contributed by atoms with Crippen LogP contribution in [0.1, 0.15) is 35.9 Å². The van der Waals surface area contributed by atoms with Crippen molar-refractivity contribution in [3.63, 3.8) is 0 Å². The number of hydrogen-bond acceptors (Lipinski definition) is 3. The Morgan fingerprint density at radius 3 is 2.72 bits per heavy atom. The minimum absolute atomic E-state index is 0.0288. The fraction of sp³-hybridized carbons (Fsp3) is 0.615. The molecule has 0 N–H and O–H groups in total. The fourth-order valence-electron chi connectivity index (χ4n) is 2.27. The minimum atomic E-state index is 0.0288. The van der Waals surface area contributed by atoms with Crippen molar-refractivity contribution in [1.29, 1.82) is 5.26 Å². The molecule has 1 aromatic rings. The van der Waals surface area contributed by atoms with Crippen LogP contribution in [0.3, 0.4) is 0 Å². The van der Waals surface area contributed by atoms with Crippen molar-refractivity contribution in [1.82, 2.24) is 14.7 Å². The van der Waals surface area contributed by atoms with Crippen LogP contribution in [0.4, 0.5) is 0 Å². The standard InChI is InChI=1S/C13H18N4O/c1-3-11-8-12(16(2)15-11)13(18)17-6-4-10(9-14)5-7-17/h8,10H,3-7H2,1-2H3. The summed E-state index contributed by atoms with van der Waals surface area (Å²) in [5.41, 5.74) is 1.58. The Labute approximate surface area is 107 Å². The molecule has 1 aliphatic heterocycles. The SMILES string of the molecule is CCc1cc(C(=O)N2CCC(C#N)CC2)n(C)n1. The third-order valence-corrected chi connectivity index (χ3v) is 3.48. The van der Waals surface area contributed by atoms with Crippen LogP contribution >= 0.6 is 0 Å². The molecular formula is C13H18N4O. The molecule has 0 bridgehead atoms. The molecule has 18 heavy (non-hydrogen) atoms. The van der Waals surface area contributed by atoms with Crippen molar-refractivity contribution >= 4 is 5.91 Å². The molecule has 0 saturated carbocycles. The largest absolute Gasteiger partial charge is 0.337 e. The molecule has 1 saturated heterocycles. The van der Waals surface area contributed by atoms with E-state index in [-0.39, 0.29) is 11.8 Å². The highest BCUT2D eigenvalue weighted by atomic mass is 16.2. The molecule has 5 nitrogen and oxygen atoms in total. The summed E-state index contributed by atoms with van der Waals surface area (Å²) in [6.45, 7) is 3.36. The monoisotopic (exact) mass is 246 g/mol. The Morgan fingerprint density at radius 2 is 2.22 bits per heavy atom. The average Bonchev–Trinajstić information content (AvgIpc) is 2.79. The molecule has 2 heterocycles. The lowest BCUT2D eigenvalue weighted by Crippen LogP contribution is -2.39. The molecule has 0 spiro atoms. The number of aryl methyl sites for hydroxylation is 2. The second-order valence-electron chi connectivity index (χ2n) is 4.69. The van der Waals surface area contributed by atoms with Crippen LogP contribution in [0.25, 0.3) is 0 Å². The fourth-order valence-corrected chi connectivity index (χ4v) is 2.27. The van der Waals surface area contributed by atoms with E-state index in [0.29, 0.717) is 18.8 Å². The minimum Gasteiger partial charge on any atom is -0.337 e. The zero-order valence-corrected chi connectivity index (χ0v) is 10.9. The van der Waals surface area contributed by atoms with E-state index >= 15 is 0 Å². The van der Waals surface area contributed by atoms with E-state index in [1.54, 1.807) is 11.7 Å². The first-order valence-electron chi connectivity index (χ1n) is 6.37. The Hall–Kier alpha value is -1.83. The Bertz CT molecular complexity index is 478. The molecule has 0 unspecified atom stereocenters. The van der Waals surface area contributed by atoms with Crippen LogP contribution in [-0.4, -0.2) is 33.7 Å².